The standard InChI is InChI=1S/C27H38N2O4.C9H8N2/c1-20(2)27(19-28,22-10-12-24(31-5)26(18-22)33-7)14-8-15-29(3)16-13-21-9-11-23(30-4)25(17-21)32-6;1-2-6-9-8(4-1)5-3-7-10-11-9/h9-12,17-18,20H,8,13-16H2,1-7H3;1-7,11H. The van der Waals surface area contributed by atoms with Crippen molar-refractivity contribution in [2.45, 2.75) is 38.5 Å². The summed E-state index contributed by atoms with van der Waals surface area (Å²) in [5.41, 5.74) is 6.76. The molecule has 8 heteroatoms. The number of benzene rings is 3. The number of para-hydroxylation sites is 1. The summed E-state index contributed by atoms with van der Waals surface area (Å²) in [6.07, 6.45) is 8.29. The van der Waals surface area contributed by atoms with Gasteiger partial charge in [-0.3, -0.25) is 5.43 Å². The minimum Gasteiger partial charge on any atom is -0.493 e. The highest BCUT2D eigenvalue weighted by Gasteiger charge is 2.36. The predicted molar refractivity (Wildman–Crippen MR) is 179 cm³/mol. The fourth-order valence-corrected chi connectivity index (χ4v) is 5.27. The van der Waals surface area contributed by atoms with Crippen LogP contribution in [0, 0.1) is 17.2 Å². The summed E-state index contributed by atoms with van der Waals surface area (Å²) in [5, 5.41) is 14.2. The zero-order valence-electron chi connectivity index (χ0n) is 27.1. The number of allylic oxidation sites excluding steroid dienone is 1. The van der Waals surface area contributed by atoms with Gasteiger partial charge in [-0.1, -0.05) is 50.3 Å². The maximum atomic E-state index is 10.2. The number of nitrogens with zero attached hydrogens (tertiary/aromatic N) is 3. The van der Waals surface area contributed by atoms with Gasteiger partial charge in [-0.2, -0.15) is 10.4 Å². The molecular weight excluding hydrogens is 552 g/mol. The van der Waals surface area contributed by atoms with Crippen LogP contribution >= 0.6 is 0 Å². The highest BCUT2D eigenvalue weighted by Crippen LogP contribution is 2.40. The number of anilines is 1. The number of nitrogens with one attached hydrogen (secondary N) is 1. The number of nitriles is 1. The number of methoxy groups -OCH3 is 4. The number of hydrazone groups is 1. The van der Waals surface area contributed by atoms with Crippen LogP contribution < -0.4 is 24.4 Å². The minimum atomic E-state index is -0.580. The molecule has 4 rings (SSSR count). The van der Waals surface area contributed by atoms with E-state index >= 15 is 0 Å². The van der Waals surface area contributed by atoms with E-state index in [1.165, 1.54) is 11.1 Å². The normalized spacial score (nSPS) is 13.0. The second kappa shape index (κ2) is 17.0. The van der Waals surface area contributed by atoms with Crippen molar-refractivity contribution in [3.63, 3.8) is 0 Å². The van der Waals surface area contributed by atoms with Crippen LogP contribution in [0.15, 0.2) is 71.8 Å². The highest BCUT2D eigenvalue weighted by molar-refractivity contribution is 5.83. The summed E-state index contributed by atoms with van der Waals surface area (Å²) in [6.45, 7) is 6.06. The van der Waals surface area contributed by atoms with Crippen molar-refractivity contribution in [3.05, 3.63) is 83.4 Å². The summed E-state index contributed by atoms with van der Waals surface area (Å²) >= 11 is 0. The largest absolute Gasteiger partial charge is 0.493 e. The van der Waals surface area contributed by atoms with Gasteiger partial charge in [0.25, 0.3) is 0 Å². The molecule has 234 valence electrons. The van der Waals surface area contributed by atoms with Gasteiger partial charge in [0.2, 0.25) is 0 Å². The molecule has 8 nitrogen and oxygen atoms in total. The van der Waals surface area contributed by atoms with Gasteiger partial charge in [0, 0.05) is 12.8 Å². The van der Waals surface area contributed by atoms with Crippen molar-refractivity contribution in [1.29, 1.82) is 5.26 Å². The summed E-state index contributed by atoms with van der Waals surface area (Å²) in [4.78, 5) is 2.31. The zero-order chi connectivity index (χ0) is 32.0. The van der Waals surface area contributed by atoms with Crippen molar-refractivity contribution < 1.29 is 18.9 Å². The van der Waals surface area contributed by atoms with E-state index in [2.05, 4.69) is 48.5 Å². The van der Waals surface area contributed by atoms with Crippen molar-refractivity contribution in [2.24, 2.45) is 11.0 Å². The lowest BCUT2D eigenvalue weighted by molar-refractivity contribution is 0.292. The van der Waals surface area contributed by atoms with E-state index in [1.807, 2.05) is 66.7 Å². The molecule has 1 N–H and O–H groups in total. The Labute approximate surface area is 262 Å². The van der Waals surface area contributed by atoms with E-state index in [4.69, 9.17) is 18.9 Å². The molecular formula is C36H46N4O4. The maximum Gasteiger partial charge on any atom is 0.161 e. The van der Waals surface area contributed by atoms with E-state index in [9.17, 15) is 5.26 Å². The molecule has 1 unspecified atom stereocenters. The lowest BCUT2D eigenvalue weighted by Gasteiger charge is -2.32. The molecule has 0 spiro atoms. The van der Waals surface area contributed by atoms with E-state index in [0.29, 0.717) is 11.5 Å². The van der Waals surface area contributed by atoms with Gasteiger partial charge in [-0.15, -0.1) is 0 Å². The number of fused-ring (bicyclic) bond motifs is 1. The number of likely N-dealkylation sites (N-methyl/N-ethyl adjacent to an activating group) is 1. The number of hydrogen-bond acceptors (Lipinski definition) is 8. The van der Waals surface area contributed by atoms with Crippen LogP contribution in [0.5, 0.6) is 23.0 Å². The highest BCUT2D eigenvalue weighted by atomic mass is 16.5. The van der Waals surface area contributed by atoms with E-state index in [-0.39, 0.29) is 5.92 Å². The Bertz CT molecular complexity index is 1450. The first kappa shape index (κ1) is 34.0. The molecule has 0 aromatic heterocycles. The molecule has 0 saturated carbocycles. The molecule has 0 saturated heterocycles. The smallest absolute Gasteiger partial charge is 0.161 e. The van der Waals surface area contributed by atoms with Crippen LogP contribution in [0.25, 0.3) is 6.08 Å². The topological polar surface area (TPSA) is 88.3 Å². The van der Waals surface area contributed by atoms with E-state index in [1.54, 1.807) is 34.7 Å². The Kier molecular flexibility index (Phi) is 13.1. The van der Waals surface area contributed by atoms with Crippen LogP contribution in [0.1, 0.15) is 43.4 Å². The summed E-state index contributed by atoms with van der Waals surface area (Å²) in [5.74, 6) is 2.99. The van der Waals surface area contributed by atoms with E-state index < -0.39 is 5.41 Å². The van der Waals surface area contributed by atoms with Crippen LogP contribution in [0.2, 0.25) is 0 Å². The van der Waals surface area contributed by atoms with Crippen LogP contribution in [-0.4, -0.2) is 59.7 Å². The molecule has 1 aliphatic rings. The molecule has 3 aromatic rings. The van der Waals surface area contributed by atoms with Crippen molar-refractivity contribution in [3.8, 4) is 29.1 Å². The molecule has 0 bridgehead atoms. The third-order valence-corrected chi connectivity index (χ3v) is 8.01. The Morgan fingerprint density at radius 1 is 0.864 bits per heavy atom. The van der Waals surface area contributed by atoms with Crippen molar-refractivity contribution >= 4 is 18.0 Å². The monoisotopic (exact) mass is 598 g/mol. The average molecular weight is 599 g/mol. The maximum absolute atomic E-state index is 10.2. The molecule has 0 radical (unpaired) electrons. The number of ether oxygens (including phenoxy) is 4. The summed E-state index contributed by atoms with van der Waals surface area (Å²) < 4.78 is 21.6. The van der Waals surface area contributed by atoms with Gasteiger partial charge in [0.1, 0.15) is 0 Å². The fourth-order valence-electron chi connectivity index (χ4n) is 5.27. The second-order valence-electron chi connectivity index (χ2n) is 11.0. The Hall–Kier alpha value is -4.48. The van der Waals surface area contributed by atoms with Crippen LogP contribution in [0.4, 0.5) is 5.69 Å². The fraction of sp³-hybridized carbons (Fsp3) is 0.389. The SMILES string of the molecule is C1=Cc2ccccc2NN=C1.COc1ccc(CCN(C)CCCC(C#N)(c2ccc(OC)c(OC)c2)C(C)C)cc1OC. The first-order valence-corrected chi connectivity index (χ1v) is 14.9. The molecule has 0 fully saturated rings. The third kappa shape index (κ3) is 8.77. The van der Waals surface area contributed by atoms with Crippen LogP contribution in [-0.2, 0) is 11.8 Å². The Morgan fingerprint density at radius 2 is 1.52 bits per heavy atom. The average Bonchev–Trinajstić information content (AvgIpc) is 3.31. The molecule has 1 heterocycles. The lowest BCUT2D eigenvalue weighted by atomic mass is 9.69. The molecule has 0 aliphatic carbocycles. The summed E-state index contributed by atoms with van der Waals surface area (Å²) in [6, 6.07) is 22.6. The predicted octanol–water partition coefficient (Wildman–Crippen LogP) is 7.20. The molecule has 3 aromatic carbocycles. The van der Waals surface area contributed by atoms with Crippen molar-refractivity contribution in [1.82, 2.24) is 4.90 Å². The first-order valence-electron chi connectivity index (χ1n) is 14.9. The molecule has 0 amide bonds. The summed E-state index contributed by atoms with van der Waals surface area (Å²) in [7, 11) is 8.67. The second-order valence-corrected chi connectivity index (χ2v) is 11.0. The Balaban J connectivity index is 0.000000397. The quantitative estimate of drug-likeness (QED) is 0.223. The van der Waals surface area contributed by atoms with E-state index in [0.717, 1.165) is 55.1 Å². The first-order chi connectivity index (χ1) is 21.3. The third-order valence-electron chi connectivity index (χ3n) is 8.01. The van der Waals surface area contributed by atoms with Gasteiger partial charge < -0.3 is 23.8 Å². The Morgan fingerprint density at radius 3 is 2.18 bits per heavy atom. The van der Waals surface area contributed by atoms with Gasteiger partial charge >= 0.3 is 0 Å². The number of rotatable bonds is 13. The number of hydrogen-bond donors (Lipinski definition) is 1. The minimum absolute atomic E-state index is 0.165. The van der Waals surface area contributed by atoms with Gasteiger partial charge in [0.05, 0.1) is 45.6 Å². The molecule has 1 aliphatic heterocycles. The van der Waals surface area contributed by atoms with Crippen LogP contribution in [0.3, 0.4) is 0 Å². The lowest BCUT2D eigenvalue weighted by Crippen LogP contribution is -2.32. The van der Waals surface area contributed by atoms with Gasteiger partial charge in [0.15, 0.2) is 23.0 Å². The zero-order valence-corrected chi connectivity index (χ0v) is 27.1. The molecule has 1 atom stereocenters. The van der Waals surface area contributed by atoms with Crippen molar-refractivity contribution in [2.75, 3.05) is 54.0 Å². The van der Waals surface area contributed by atoms with Gasteiger partial charge in [-0.05, 0) is 91.9 Å². The molecule has 44 heavy (non-hydrogen) atoms. The van der Waals surface area contributed by atoms with Gasteiger partial charge in [-0.25, -0.2) is 0 Å².